The van der Waals surface area contributed by atoms with Gasteiger partial charge >= 0.3 is 0 Å². The van der Waals surface area contributed by atoms with Gasteiger partial charge in [-0.05, 0) is 37.0 Å². The number of rotatable bonds is 3. The van der Waals surface area contributed by atoms with E-state index in [4.69, 9.17) is 11.5 Å². The molecule has 1 aliphatic heterocycles. The number of amides is 1. The fourth-order valence-corrected chi connectivity index (χ4v) is 2.44. The molecule has 1 amide bonds. The van der Waals surface area contributed by atoms with Crippen LogP contribution in [-0.2, 0) is 11.3 Å². The van der Waals surface area contributed by atoms with Gasteiger partial charge in [0.1, 0.15) is 5.82 Å². The molecular weight excluding hydrogens is 228 g/mol. The first-order chi connectivity index (χ1) is 8.61. The summed E-state index contributed by atoms with van der Waals surface area (Å²) >= 11 is 0. The van der Waals surface area contributed by atoms with E-state index >= 15 is 0 Å². The highest BCUT2D eigenvalue weighted by Crippen LogP contribution is 2.24. The molecule has 1 fully saturated rings. The van der Waals surface area contributed by atoms with E-state index < -0.39 is 0 Å². The summed E-state index contributed by atoms with van der Waals surface area (Å²) in [6, 6.07) is 2.07. The smallest absolute Gasteiger partial charge is 0.220 e. The highest BCUT2D eigenvalue weighted by molar-refractivity contribution is 5.77. The van der Waals surface area contributed by atoms with Crippen molar-refractivity contribution >= 4 is 11.7 Å². The van der Waals surface area contributed by atoms with Crippen LogP contribution in [0.15, 0.2) is 12.3 Å². The number of piperidine rings is 1. The largest absolute Gasteiger partial charge is 0.369 e. The van der Waals surface area contributed by atoms with Gasteiger partial charge in [0.05, 0.1) is 0 Å². The first kappa shape index (κ1) is 12.8. The third-order valence-electron chi connectivity index (χ3n) is 3.54. The number of anilines is 1. The number of nitrogens with two attached hydrogens (primary N) is 2. The number of pyridine rings is 1. The van der Waals surface area contributed by atoms with Gasteiger partial charge in [-0.2, -0.15) is 0 Å². The number of hydrogen-bond donors (Lipinski definition) is 2. The molecule has 0 atom stereocenters. The fourth-order valence-electron chi connectivity index (χ4n) is 2.44. The van der Waals surface area contributed by atoms with Gasteiger partial charge in [-0.15, -0.1) is 0 Å². The predicted octanol–water partition coefficient (Wildman–Crippen LogP) is 0.550. The maximum absolute atomic E-state index is 11.1. The lowest BCUT2D eigenvalue weighted by Gasteiger charge is -2.32. The SMILES string of the molecule is Cc1cc(CN)cnc1N1CCC(C(N)=O)CC1. The summed E-state index contributed by atoms with van der Waals surface area (Å²) in [4.78, 5) is 17.8. The van der Waals surface area contributed by atoms with E-state index in [-0.39, 0.29) is 11.8 Å². The second-order valence-corrected chi connectivity index (χ2v) is 4.85. The minimum absolute atomic E-state index is 0.0184. The van der Waals surface area contributed by atoms with Gasteiger partial charge in [-0.25, -0.2) is 4.98 Å². The number of nitrogens with zero attached hydrogens (tertiary/aromatic N) is 2. The maximum atomic E-state index is 11.1. The summed E-state index contributed by atoms with van der Waals surface area (Å²) in [6.45, 7) is 4.23. The molecule has 2 rings (SSSR count). The Morgan fingerprint density at radius 3 is 2.67 bits per heavy atom. The summed E-state index contributed by atoms with van der Waals surface area (Å²) < 4.78 is 0. The van der Waals surface area contributed by atoms with Crippen molar-refractivity contribution in [1.82, 2.24) is 4.98 Å². The zero-order chi connectivity index (χ0) is 13.1. The molecule has 5 nitrogen and oxygen atoms in total. The average Bonchev–Trinajstić information content (AvgIpc) is 2.38. The number of primary amides is 1. The van der Waals surface area contributed by atoms with E-state index in [9.17, 15) is 4.79 Å². The zero-order valence-corrected chi connectivity index (χ0v) is 10.7. The quantitative estimate of drug-likeness (QED) is 0.818. The Kier molecular flexibility index (Phi) is 3.81. The second kappa shape index (κ2) is 5.35. The molecule has 4 N–H and O–H groups in total. The van der Waals surface area contributed by atoms with Crippen molar-refractivity contribution in [3.8, 4) is 0 Å². The van der Waals surface area contributed by atoms with Crippen LogP contribution in [-0.4, -0.2) is 24.0 Å². The predicted molar refractivity (Wildman–Crippen MR) is 71.0 cm³/mol. The van der Waals surface area contributed by atoms with Crippen LogP contribution in [0.5, 0.6) is 0 Å². The molecule has 0 bridgehead atoms. The van der Waals surface area contributed by atoms with E-state index in [0.717, 1.165) is 42.9 Å². The van der Waals surface area contributed by atoms with Gasteiger partial charge in [0.15, 0.2) is 0 Å². The van der Waals surface area contributed by atoms with E-state index in [1.807, 2.05) is 13.1 Å². The van der Waals surface area contributed by atoms with E-state index in [0.29, 0.717) is 6.54 Å². The van der Waals surface area contributed by atoms with Crippen molar-refractivity contribution in [1.29, 1.82) is 0 Å². The van der Waals surface area contributed by atoms with Gasteiger partial charge in [-0.1, -0.05) is 0 Å². The minimum atomic E-state index is -0.183. The lowest BCUT2D eigenvalue weighted by atomic mass is 9.96. The molecule has 18 heavy (non-hydrogen) atoms. The second-order valence-electron chi connectivity index (χ2n) is 4.85. The number of aromatic nitrogens is 1. The van der Waals surface area contributed by atoms with Gasteiger partial charge in [0, 0.05) is 31.7 Å². The molecule has 0 saturated carbocycles. The molecule has 0 aromatic carbocycles. The standard InChI is InChI=1S/C13H20N4O/c1-9-6-10(7-14)8-16-13(9)17-4-2-11(3-5-17)12(15)18/h6,8,11H,2-5,7,14H2,1H3,(H2,15,18). The zero-order valence-electron chi connectivity index (χ0n) is 10.7. The normalized spacial score (nSPS) is 16.9. The third kappa shape index (κ3) is 2.61. The van der Waals surface area contributed by atoms with Gasteiger partial charge in [0.2, 0.25) is 5.91 Å². The Morgan fingerprint density at radius 1 is 1.50 bits per heavy atom. The van der Waals surface area contributed by atoms with E-state index in [1.54, 1.807) is 0 Å². The highest BCUT2D eigenvalue weighted by atomic mass is 16.1. The topological polar surface area (TPSA) is 85.2 Å². The van der Waals surface area contributed by atoms with Crippen LogP contribution in [0.3, 0.4) is 0 Å². The first-order valence-electron chi connectivity index (χ1n) is 6.31. The Morgan fingerprint density at radius 2 is 2.17 bits per heavy atom. The fraction of sp³-hybridized carbons (Fsp3) is 0.538. The molecule has 0 aliphatic carbocycles. The maximum Gasteiger partial charge on any atom is 0.220 e. The summed E-state index contributed by atoms with van der Waals surface area (Å²) in [5, 5.41) is 0. The third-order valence-corrected chi connectivity index (χ3v) is 3.54. The van der Waals surface area contributed by atoms with Crippen molar-refractivity contribution in [2.24, 2.45) is 17.4 Å². The summed E-state index contributed by atoms with van der Waals surface area (Å²) in [7, 11) is 0. The molecule has 1 aromatic heterocycles. The Bertz CT molecular complexity index is 439. The van der Waals surface area contributed by atoms with Crippen molar-refractivity contribution in [3.63, 3.8) is 0 Å². The Balaban J connectivity index is 2.07. The Labute approximate surface area is 107 Å². The van der Waals surface area contributed by atoms with Crippen LogP contribution in [0.4, 0.5) is 5.82 Å². The number of aryl methyl sites for hydroxylation is 1. The molecule has 98 valence electrons. The van der Waals surface area contributed by atoms with Gasteiger partial charge < -0.3 is 16.4 Å². The Hall–Kier alpha value is -1.62. The molecule has 1 aromatic rings. The monoisotopic (exact) mass is 248 g/mol. The van der Waals surface area contributed by atoms with Crippen molar-refractivity contribution in [2.75, 3.05) is 18.0 Å². The molecule has 0 unspecified atom stereocenters. The van der Waals surface area contributed by atoms with Crippen LogP contribution in [0.25, 0.3) is 0 Å². The number of carbonyl (C=O) groups is 1. The molecule has 0 spiro atoms. The molecular formula is C13H20N4O. The highest BCUT2D eigenvalue weighted by Gasteiger charge is 2.24. The summed E-state index contributed by atoms with van der Waals surface area (Å²) in [5.41, 5.74) is 13.1. The van der Waals surface area contributed by atoms with Crippen LogP contribution in [0.2, 0.25) is 0 Å². The van der Waals surface area contributed by atoms with Crippen LogP contribution >= 0.6 is 0 Å². The van der Waals surface area contributed by atoms with Gasteiger partial charge in [-0.3, -0.25) is 4.79 Å². The van der Waals surface area contributed by atoms with Crippen molar-refractivity contribution in [3.05, 3.63) is 23.4 Å². The van der Waals surface area contributed by atoms with Crippen LogP contribution < -0.4 is 16.4 Å². The molecule has 2 heterocycles. The average molecular weight is 248 g/mol. The minimum Gasteiger partial charge on any atom is -0.369 e. The lowest BCUT2D eigenvalue weighted by molar-refractivity contribution is -0.122. The van der Waals surface area contributed by atoms with Crippen LogP contribution in [0.1, 0.15) is 24.0 Å². The molecule has 0 radical (unpaired) electrons. The molecule has 1 saturated heterocycles. The van der Waals surface area contributed by atoms with E-state index in [1.165, 1.54) is 0 Å². The molecule has 1 aliphatic rings. The van der Waals surface area contributed by atoms with Gasteiger partial charge in [0.25, 0.3) is 0 Å². The van der Waals surface area contributed by atoms with Crippen molar-refractivity contribution < 1.29 is 4.79 Å². The van der Waals surface area contributed by atoms with Crippen molar-refractivity contribution in [2.45, 2.75) is 26.3 Å². The number of carbonyl (C=O) groups excluding carboxylic acids is 1. The summed E-state index contributed by atoms with van der Waals surface area (Å²) in [5.74, 6) is 0.831. The lowest BCUT2D eigenvalue weighted by Crippen LogP contribution is -2.39. The number of hydrogen-bond acceptors (Lipinski definition) is 4. The summed E-state index contributed by atoms with van der Waals surface area (Å²) in [6.07, 6.45) is 3.45. The molecule has 5 heteroatoms. The van der Waals surface area contributed by atoms with Crippen LogP contribution in [0, 0.1) is 12.8 Å². The van der Waals surface area contributed by atoms with E-state index in [2.05, 4.69) is 16.0 Å². The first-order valence-corrected chi connectivity index (χ1v) is 6.31.